The average Bonchev–Trinajstić information content (AvgIpc) is 2.93. The van der Waals surface area contributed by atoms with Crippen LogP contribution in [-0.4, -0.2) is 36.4 Å². The number of rotatable bonds is 4. The first-order valence-electron chi connectivity index (χ1n) is 6.65. The Kier molecular flexibility index (Phi) is 3.93. The summed E-state index contributed by atoms with van der Waals surface area (Å²) >= 11 is 0. The summed E-state index contributed by atoms with van der Waals surface area (Å²) in [4.78, 5) is 11.1. The standard InChI is InChI=1S/C13H19NO5S/c1-4-10-6-5-7-14(10)20(17,18)12-9(3)19-8(2)11(12)13(15)16/h10H,4-7H2,1-3H3,(H,15,16). The van der Waals surface area contributed by atoms with E-state index in [0.29, 0.717) is 6.54 Å². The Morgan fingerprint density at radius 1 is 1.40 bits per heavy atom. The highest BCUT2D eigenvalue weighted by Gasteiger charge is 2.39. The Balaban J connectivity index is 2.58. The quantitative estimate of drug-likeness (QED) is 0.920. The highest BCUT2D eigenvalue weighted by Crippen LogP contribution is 2.33. The molecule has 6 nitrogen and oxygen atoms in total. The van der Waals surface area contributed by atoms with Gasteiger partial charge in [-0.1, -0.05) is 6.92 Å². The number of carbonyl (C=O) groups is 1. The zero-order valence-corrected chi connectivity index (χ0v) is 12.7. The molecule has 1 unspecified atom stereocenters. The Labute approximate surface area is 118 Å². The molecule has 0 saturated carbocycles. The largest absolute Gasteiger partial charge is 0.478 e. The van der Waals surface area contributed by atoms with Gasteiger partial charge in [-0.25, -0.2) is 13.2 Å². The smallest absolute Gasteiger partial charge is 0.340 e. The molecule has 1 N–H and O–H groups in total. The maximum atomic E-state index is 12.8. The Morgan fingerprint density at radius 2 is 2.05 bits per heavy atom. The van der Waals surface area contributed by atoms with Crippen molar-refractivity contribution in [2.75, 3.05) is 6.54 Å². The highest BCUT2D eigenvalue weighted by atomic mass is 32.2. The summed E-state index contributed by atoms with van der Waals surface area (Å²) in [5.41, 5.74) is -0.246. The van der Waals surface area contributed by atoms with Crippen LogP contribution >= 0.6 is 0 Å². The zero-order chi connectivity index (χ0) is 15.1. The minimum absolute atomic E-state index is 0.0590. The number of nitrogens with zero attached hydrogens (tertiary/aromatic N) is 1. The zero-order valence-electron chi connectivity index (χ0n) is 11.8. The Hall–Kier alpha value is -1.34. The topological polar surface area (TPSA) is 87.8 Å². The summed E-state index contributed by atoms with van der Waals surface area (Å²) in [5, 5.41) is 9.25. The van der Waals surface area contributed by atoms with Crippen molar-refractivity contribution in [3.63, 3.8) is 0 Å². The number of carboxylic acid groups (broad SMARTS) is 1. The molecule has 1 atom stereocenters. The lowest BCUT2D eigenvalue weighted by atomic mass is 10.2. The van der Waals surface area contributed by atoms with Crippen LogP contribution < -0.4 is 0 Å². The number of furan rings is 1. The SMILES string of the molecule is CCC1CCCN1S(=O)(=O)c1c(C)oc(C)c1C(=O)O. The number of aryl methyl sites for hydroxylation is 2. The third-order valence-electron chi connectivity index (χ3n) is 3.78. The van der Waals surface area contributed by atoms with Crippen LogP contribution in [0.5, 0.6) is 0 Å². The summed E-state index contributed by atoms with van der Waals surface area (Å²) in [7, 11) is -3.83. The average molecular weight is 301 g/mol. The minimum atomic E-state index is -3.83. The lowest BCUT2D eigenvalue weighted by Crippen LogP contribution is -2.36. The van der Waals surface area contributed by atoms with Gasteiger partial charge in [-0.3, -0.25) is 0 Å². The van der Waals surface area contributed by atoms with Gasteiger partial charge in [0.05, 0.1) is 0 Å². The van der Waals surface area contributed by atoms with Crippen LogP contribution in [0.2, 0.25) is 0 Å². The Morgan fingerprint density at radius 3 is 2.60 bits per heavy atom. The van der Waals surface area contributed by atoms with Gasteiger partial charge in [0.25, 0.3) is 0 Å². The lowest BCUT2D eigenvalue weighted by molar-refractivity contribution is 0.0691. The predicted octanol–water partition coefficient (Wildman–Crippen LogP) is 2.16. The third-order valence-corrected chi connectivity index (χ3v) is 5.89. The molecule has 1 saturated heterocycles. The van der Waals surface area contributed by atoms with Gasteiger partial charge < -0.3 is 9.52 Å². The molecular formula is C13H19NO5S. The molecule has 0 amide bonds. The molecule has 0 aliphatic carbocycles. The first-order valence-corrected chi connectivity index (χ1v) is 8.09. The monoisotopic (exact) mass is 301 g/mol. The molecule has 1 aliphatic heterocycles. The summed E-state index contributed by atoms with van der Waals surface area (Å²) in [5.74, 6) is -1.01. The number of aromatic carboxylic acids is 1. The van der Waals surface area contributed by atoms with Crippen molar-refractivity contribution < 1.29 is 22.7 Å². The van der Waals surface area contributed by atoms with Gasteiger partial charge in [-0.15, -0.1) is 0 Å². The van der Waals surface area contributed by atoms with Crippen LogP contribution in [0.1, 0.15) is 48.1 Å². The van der Waals surface area contributed by atoms with Gasteiger partial charge in [-0.2, -0.15) is 4.31 Å². The van der Waals surface area contributed by atoms with Crippen molar-refractivity contribution in [3.8, 4) is 0 Å². The van der Waals surface area contributed by atoms with Crippen molar-refractivity contribution in [1.82, 2.24) is 4.31 Å². The molecule has 7 heteroatoms. The first kappa shape index (κ1) is 15.1. The summed E-state index contributed by atoms with van der Waals surface area (Å²) in [6.07, 6.45) is 2.33. The van der Waals surface area contributed by atoms with Crippen LogP contribution in [0.15, 0.2) is 9.31 Å². The lowest BCUT2D eigenvalue weighted by Gasteiger charge is -2.22. The van der Waals surface area contributed by atoms with E-state index in [1.807, 2.05) is 6.92 Å². The van der Waals surface area contributed by atoms with Crippen LogP contribution in [0.4, 0.5) is 0 Å². The normalized spacial score (nSPS) is 20.4. The third kappa shape index (κ3) is 2.25. The second-order valence-electron chi connectivity index (χ2n) is 5.04. The van der Waals surface area contributed by atoms with Crippen molar-refractivity contribution in [2.45, 2.75) is 51.0 Å². The summed E-state index contributed by atoms with van der Waals surface area (Å²) < 4.78 is 32.2. The van der Waals surface area contributed by atoms with E-state index >= 15 is 0 Å². The number of carboxylic acids is 1. The molecule has 2 rings (SSSR count). The number of hydrogen-bond donors (Lipinski definition) is 1. The molecule has 2 heterocycles. The van der Waals surface area contributed by atoms with E-state index in [1.165, 1.54) is 18.2 Å². The molecule has 0 radical (unpaired) electrons. The molecule has 20 heavy (non-hydrogen) atoms. The van der Waals surface area contributed by atoms with Gasteiger partial charge in [0.15, 0.2) is 0 Å². The van der Waals surface area contributed by atoms with Crippen LogP contribution in [0.25, 0.3) is 0 Å². The van der Waals surface area contributed by atoms with Gasteiger partial charge in [0.1, 0.15) is 22.0 Å². The van der Waals surface area contributed by atoms with Crippen molar-refractivity contribution >= 4 is 16.0 Å². The maximum absolute atomic E-state index is 12.8. The van der Waals surface area contributed by atoms with E-state index in [9.17, 15) is 18.3 Å². The highest BCUT2D eigenvalue weighted by molar-refractivity contribution is 7.89. The van der Waals surface area contributed by atoms with Gasteiger partial charge in [0, 0.05) is 12.6 Å². The van der Waals surface area contributed by atoms with E-state index in [4.69, 9.17) is 4.42 Å². The summed E-state index contributed by atoms with van der Waals surface area (Å²) in [6, 6.07) is -0.0590. The first-order chi connectivity index (χ1) is 9.30. The Bertz CT molecular complexity index is 631. The van der Waals surface area contributed by atoms with E-state index in [1.54, 1.807) is 0 Å². The van der Waals surface area contributed by atoms with Gasteiger partial charge in [0.2, 0.25) is 10.0 Å². The fourth-order valence-corrected chi connectivity index (χ4v) is 5.02. The van der Waals surface area contributed by atoms with E-state index < -0.39 is 16.0 Å². The van der Waals surface area contributed by atoms with Crippen molar-refractivity contribution in [2.24, 2.45) is 0 Å². The minimum Gasteiger partial charge on any atom is -0.478 e. The van der Waals surface area contributed by atoms with Crippen LogP contribution in [0.3, 0.4) is 0 Å². The molecule has 1 aromatic rings. The molecule has 1 aromatic heterocycles. The molecule has 1 fully saturated rings. The predicted molar refractivity (Wildman–Crippen MR) is 72.3 cm³/mol. The van der Waals surface area contributed by atoms with Crippen molar-refractivity contribution in [3.05, 3.63) is 17.1 Å². The fraction of sp³-hybridized carbons (Fsp3) is 0.615. The molecule has 1 aliphatic rings. The summed E-state index contributed by atoms with van der Waals surface area (Å²) in [6.45, 7) is 5.33. The molecular weight excluding hydrogens is 282 g/mol. The van der Waals surface area contributed by atoms with E-state index in [-0.39, 0.29) is 28.0 Å². The fourth-order valence-electron chi connectivity index (χ4n) is 2.87. The van der Waals surface area contributed by atoms with Crippen LogP contribution in [0, 0.1) is 13.8 Å². The number of hydrogen-bond acceptors (Lipinski definition) is 4. The van der Waals surface area contributed by atoms with Gasteiger partial charge in [-0.05, 0) is 33.1 Å². The molecule has 0 spiro atoms. The second kappa shape index (κ2) is 5.21. The van der Waals surface area contributed by atoms with E-state index in [0.717, 1.165) is 19.3 Å². The van der Waals surface area contributed by atoms with Crippen LogP contribution in [-0.2, 0) is 10.0 Å². The second-order valence-corrected chi connectivity index (χ2v) is 6.87. The van der Waals surface area contributed by atoms with Gasteiger partial charge >= 0.3 is 5.97 Å². The molecule has 112 valence electrons. The van der Waals surface area contributed by atoms with Crippen molar-refractivity contribution in [1.29, 1.82) is 0 Å². The molecule has 0 bridgehead atoms. The maximum Gasteiger partial charge on any atom is 0.340 e. The van der Waals surface area contributed by atoms with E-state index in [2.05, 4.69) is 0 Å². The molecule has 0 aromatic carbocycles. The number of sulfonamides is 1.